The third kappa shape index (κ3) is 9.73. The number of carbonyl (C=O) groups excluding carboxylic acids is 3. The Morgan fingerprint density at radius 3 is 1.77 bits per heavy atom. The Bertz CT molecular complexity index is 2590. The molecule has 11 nitrogen and oxygen atoms in total. The number of anilines is 2. The lowest BCUT2D eigenvalue weighted by Crippen LogP contribution is -2.58. The van der Waals surface area contributed by atoms with Gasteiger partial charge < -0.3 is 25.4 Å². The summed E-state index contributed by atoms with van der Waals surface area (Å²) in [5.41, 5.74) is 3.81. The van der Waals surface area contributed by atoms with Gasteiger partial charge >= 0.3 is 0 Å². The van der Waals surface area contributed by atoms with Gasteiger partial charge in [0, 0.05) is 6.42 Å². The zero-order chi connectivity index (χ0) is 45.6. The van der Waals surface area contributed by atoms with E-state index in [-0.39, 0.29) is 41.4 Å². The van der Waals surface area contributed by atoms with E-state index < -0.39 is 38.8 Å². The number of para-hydroxylation sites is 4. The number of ether oxygens (including phenoxy) is 2. The van der Waals surface area contributed by atoms with E-state index in [1.54, 1.807) is 43.5 Å². The average molecular weight is 885 g/mol. The molecule has 0 saturated heterocycles. The van der Waals surface area contributed by atoms with Crippen LogP contribution in [-0.4, -0.2) is 52.4 Å². The van der Waals surface area contributed by atoms with E-state index in [4.69, 9.17) is 9.47 Å². The van der Waals surface area contributed by atoms with Crippen LogP contribution >= 0.6 is 0 Å². The van der Waals surface area contributed by atoms with Crippen molar-refractivity contribution in [3.63, 3.8) is 0 Å². The molecule has 4 N–H and O–H groups in total. The quantitative estimate of drug-likeness (QED) is 0.0774. The summed E-state index contributed by atoms with van der Waals surface area (Å²) < 4.78 is 43.6. The summed E-state index contributed by atoms with van der Waals surface area (Å²) in [7, 11) is -1.26. The van der Waals surface area contributed by atoms with Crippen LogP contribution in [0.4, 0.5) is 11.4 Å². The Balaban J connectivity index is 1.20. The van der Waals surface area contributed by atoms with Gasteiger partial charge in [-0.2, -0.15) is 4.72 Å². The van der Waals surface area contributed by atoms with Gasteiger partial charge in [-0.25, -0.2) is 8.42 Å². The smallest absolute Gasteiger partial charge is 0.247 e. The van der Waals surface area contributed by atoms with Gasteiger partial charge in [0.1, 0.15) is 23.6 Å². The van der Waals surface area contributed by atoms with E-state index >= 15 is 0 Å². The molecule has 2 aliphatic carbocycles. The number of benzene rings is 5. The van der Waals surface area contributed by atoms with Crippen molar-refractivity contribution < 1.29 is 32.3 Å². The average Bonchev–Trinajstić information content (AvgIpc) is 3.29. The third-order valence-electron chi connectivity index (χ3n) is 13.4. The highest BCUT2D eigenvalue weighted by atomic mass is 32.2. The van der Waals surface area contributed by atoms with Gasteiger partial charge in [0.2, 0.25) is 27.7 Å². The second-order valence-corrected chi connectivity index (χ2v) is 19.6. The van der Waals surface area contributed by atoms with Gasteiger partial charge in [-0.15, -0.1) is 0 Å². The van der Waals surface area contributed by atoms with Crippen molar-refractivity contribution in [3.8, 4) is 11.5 Å². The fourth-order valence-corrected chi connectivity index (χ4v) is 11.6. The van der Waals surface area contributed by atoms with Crippen molar-refractivity contribution in [2.45, 2.75) is 101 Å². The molecule has 0 radical (unpaired) electrons. The molecule has 0 aliphatic heterocycles. The van der Waals surface area contributed by atoms with E-state index in [1.807, 2.05) is 106 Å². The number of methoxy groups -OCH3 is 2. The summed E-state index contributed by atoms with van der Waals surface area (Å²) in [6.07, 6.45) is 3.85. The standard InChI is InChI=1S/C52H60N4O7S/c1-34(2)38-32-37-26-27-47-51(3,28-17-29-52(47,4)50(59)55-42(30-35-18-9-7-10-19-35)48(57)53-40-22-13-15-24-44(40)62-5)39(37)33-46(38)64(60,61)56-43(31-36-20-11-8-12-21-36)49(58)54-41-23-14-16-25-45(41)63-6/h7-16,18-25,32-34,42-43,47,56H,17,26-31H2,1-6H3,(H,53,57)(H,54,58)(H,55,59)/t42-,43-,47-,51-,52-/m1/s1. The molecule has 0 aromatic heterocycles. The van der Waals surface area contributed by atoms with Crippen molar-refractivity contribution in [2.75, 3.05) is 24.9 Å². The summed E-state index contributed by atoms with van der Waals surface area (Å²) >= 11 is 0. The van der Waals surface area contributed by atoms with E-state index in [9.17, 15) is 22.8 Å². The number of hydrogen-bond donors (Lipinski definition) is 4. The molecule has 5 aromatic carbocycles. The Morgan fingerprint density at radius 1 is 0.703 bits per heavy atom. The SMILES string of the molecule is COc1ccccc1NC(=O)[C@@H](Cc1ccccc1)NC(=O)[C@]1(C)CCC[C@]2(C)c3cc(S(=O)(=O)N[C@H](Cc4ccccc4)C(=O)Nc4ccccc4OC)c(C(C)C)cc3CC[C@@H]12. The third-order valence-corrected chi connectivity index (χ3v) is 15.0. The Hall–Kier alpha value is -5.98. The van der Waals surface area contributed by atoms with E-state index in [1.165, 1.54) is 7.11 Å². The van der Waals surface area contributed by atoms with Crippen LogP contribution in [0.1, 0.15) is 87.1 Å². The fraction of sp³-hybridized carbons (Fsp3) is 0.365. The maximum Gasteiger partial charge on any atom is 0.247 e. The van der Waals surface area contributed by atoms with Crippen LogP contribution in [0.25, 0.3) is 0 Å². The molecule has 0 spiro atoms. The molecule has 2 aliphatic rings. The fourth-order valence-electron chi connectivity index (χ4n) is 10.1. The number of rotatable bonds is 16. The maximum atomic E-state index is 14.9. The predicted molar refractivity (Wildman–Crippen MR) is 251 cm³/mol. The number of hydrogen-bond acceptors (Lipinski definition) is 7. The molecule has 5 aromatic rings. The van der Waals surface area contributed by atoms with Crippen LogP contribution in [0.15, 0.2) is 126 Å². The van der Waals surface area contributed by atoms with E-state index in [2.05, 4.69) is 27.6 Å². The normalized spacial score (nSPS) is 20.2. The van der Waals surface area contributed by atoms with Crippen LogP contribution in [0.2, 0.25) is 0 Å². The van der Waals surface area contributed by atoms with Gasteiger partial charge in [-0.1, -0.05) is 125 Å². The van der Waals surface area contributed by atoms with Crippen LogP contribution in [-0.2, 0) is 49.1 Å². The number of aryl methyl sites for hydroxylation is 1. The summed E-state index contributed by atoms with van der Waals surface area (Å²) in [6, 6.07) is 34.9. The highest BCUT2D eigenvalue weighted by molar-refractivity contribution is 7.89. The minimum Gasteiger partial charge on any atom is -0.495 e. The zero-order valence-electron chi connectivity index (χ0n) is 37.6. The monoisotopic (exact) mass is 884 g/mol. The summed E-state index contributed by atoms with van der Waals surface area (Å²) in [5.74, 6) is -0.441. The Morgan fingerprint density at radius 2 is 1.22 bits per heavy atom. The molecule has 5 atom stereocenters. The lowest BCUT2D eigenvalue weighted by molar-refractivity contribution is -0.141. The first-order valence-corrected chi connectivity index (χ1v) is 23.6. The van der Waals surface area contributed by atoms with Gasteiger partial charge in [0.15, 0.2) is 0 Å². The molecule has 0 bridgehead atoms. The van der Waals surface area contributed by atoms with Gasteiger partial charge in [-0.3, -0.25) is 14.4 Å². The van der Waals surface area contributed by atoms with E-state index in [0.717, 1.165) is 35.1 Å². The number of carbonyl (C=O) groups is 3. The lowest BCUT2D eigenvalue weighted by atomic mass is 9.49. The second-order valence-electron chi connectivity index (χ2n) is 17.9. The zero-order valence-corrected chi connectivity index (χ0v) is 38.4. The molecule has 1 saturated carbocycles. The maximum absolute atomic E-state index is 14.9. The number of sulfonamides is 1. The highest BCUT2D eigenvalue weighted by Gasteiger charge is 2.55. The molecular weight excluding hydrogens is 825 g/mol. The minimum absolute atomic E-state index is 0.110. The van der Waals surface area contributed by atoms with Crippen LogP contribution < -0.4 is 30.1 Å². The molecular formula is C52H60N4O7S. The first-order valence-electron chi connectivity index (χ1n) is 22.1. The summed E-state index contributed by atoms with van der Waals surface area (Å²) in [6.45, 7) is 8.11. The van der Waals surface area contributed by atoms with Crippen molar-refractivity contribution in [2.24, 2.45) is 11.3 Å². The van der Waals surface area contributed by atoms with Crippen LogP contribution in [0.3, 0.4) is 0 Å². The van der Waals surface area contributed by atoms with Crippen LogP contribution in [0, 0.1) is 11.3 Å². The van der Waals surface area contributed by atoms with Gasteiger partial charge in [-0.05, 0) is 108 Å². The van der Waals surface area contributed by atoms with Crippen LogP contribution in [0.5, 0.6) is 11.5 Å². The van der Waals surface area contributed by atoms with Crippen molar-refractivity contribution in [3.05, 3.63) is 149 Å². The lowest BCUT2D eigenvalue weighted by Gasteiger charge is -2.55. The number of fused-ring (bicyclic) bond motifs is 3. The van der Waals surface area contributed by atoms with Crippen molar-refractivity contribution >= 4 is 39.1 Å². The first kappa shape index (κ1) is 46.0. The second kappa shape index (κ2) is 19.4. The number of nitrogens with one attached hydrogen (secondary N) is 4. The molecule has 64 heavy (non-hydrogen) atoms. The van der Waals surface area contributed by atoms with Crippen molar-refractivity contribution in [1.29, 1.82) is 0 Å². The summed E-state index contributed by atoms with van der Waals surface area (Å²) in [4.78, 5) is 43.2. The topological polar surface area (TPSA) is 152 Å². The van der Waals surface area contributed by atoms with Gasteiger partial charge in [0.05, 0.1) is 35.9 Å². The minimum atomic E-state index is -4.31. The molecule has 1 fully saturated rings. The Labute approximate surface area is 377 Å². The molecule has 336 valence electrons. The van der Waals surface area contributed by atoms with Crippen molar-refractivity contribution in [1.82, 2.24) is 10.0 Å². The molecule has 0 heterocycles. The summed E-state index contributed by atoms with van der Waals surface area (Å²) in [5, 5.41) is 9.09. The van der Waals surface area contributed by atoms with Gasteiger partial charge in [0.25, 0.3) is 0 Å². The molecule has 7 rings (SSSR count). The number of amides is 3. The molecule has 0 unspecified atom stereocenters. The largest absolute Gasteiger partial charge is 0.495 e. The Kier molecular flexibility index (Phi) is 14.0. The molecule has 12 heteroatoms. The van der Waals surface area contributed by atoms with E-state index in [0.29, 0.717) is 47.7 Å². The first-order chi connectivity index (χ1) is 30.7. The molecule has 3 amide bonds. The highest BCUT2D eigenvalue weighted by Crippen LogP contribution is 2.58. The predicted octanol–water partition coefficient (Wildman–Crippen LogP) is 8.73.